The molecule has 3 rings (SSSR count). The lowest BCUT2D eigenvalue weighted by molar-refractivity contribution is -0.00186. The number of hydrogen-bond donors (Lipinski definition) is 1. The summed E-state index contributed by atoms with van der Waals surface area (Å²) >= 11 is 0. The summed E-state index contributed by atoms with van der Waals surface area (Å²) in [6.45, 7) is 9.65. The van der Waals surface area contributed by atoms with E-state index >= 15 is 0 Å². The fourth-order valence-electron chi connectivity index (χ4n) is 5.38. The van der Waals surface area contributed by atoms with Gasteiger partial charge in [-0.25, -0.2) is 4.79 Å². The van der Waals surface area contributed by atoms with Gasteiger partial charge in [0.05, 0.1) is 6.04 Å². The third kappa shape index (κ3) is 1.73. The van der Waals surface area contributed by atoms with E-state index in [0.29, 0.717) is 23.3 Å². The summed E-state index contributed by atoms with van der Waals surface area (Å²) in [4.78, 5) is 15.6. The molecule has 4 heteroatoms. The van der Waals surface area contributed by atoms with Crippen LogP contribution in [0.15, 0.2) is 0 Å². The summed E-state index contributed by atoms with van der Waals surface area (Å²) in [5.74, 6) is 1.30. The zero-order valence-corrected chi connectivity index (χ0v) is 13.2. The van der Waals surface area contributed by atoms with Crippen molar-refractivity contribution in [1.29, 1.82) is 0 Å². The van der Waals surface area contributed by atoms with Gasteiger partial charge in [0.1, 0.15) is 0 Å². The van der Waals surface area contributed by atoms with Gasteiger partial charge in [-0.05, 0) is 49.0 Å². The van der Waals surface area contributed by atoms with Crippen molar-refractivity contribution >= 4 is 6.09 Å². The van der Waals surface area contributed by atoms with Crippen LogP contribution in [-0.4, -0.2) is 53.7 Å². The predicted octanol–water partition coefficient (Wildman–Crippen LogP) is 2.74. The Morgan fingerprint density at radius 1 is 1.25 bits per heavy atom. The Morgan fingerprint density at radius 3 is 2.45 bits per heavy atom. The van der Waals surface area contributed by atoms with Crippen molar-refractivity contribution in [3.8, 4) is 0 Å². The zero-order valence-electron chi connectivity index (χ0n) is 13.2. The second-order valence-electron chi connectivity index (χ2n) is 8.02. The van der Waals surface area contributed by atoms with Crippen LogP contribution in [-0.2, 0) is 0 Å². The van der Waals surface area contributed by atoms with E-state index in [1.165, 1.54) is 19.3 Å². The highest BCUT2D eigenvalue weighted by Crippen LogP contribution is 2.69. The maximum Gasteiger partial charge on any atom is 0.407 e. The molecule has 0 spiro atoms. The first-order chi connectivity index (χ1) is 9.27. The third-order valence-electron chi connectivity index (χ3n) is 7.19. The van der Waals surface area contributed by atoms with Crippen molar-refractivity contribution in [2.45, 2.75) is 46.1 Å². The molecular weight excluding hydrogens is 252 g/mol. The molecule has 114 valence electrons. The van der Waals surface area contributed by atoms with E-state index in [1.54, 1.807) is 4.90 Å². The number of likely N-dealkylation sites (N-methyl/N-ethyl adjacent to an activating group) is 1. The topological polar surface area (TPSA) is 43.8 Å². The van der Waals surface area contributed by atoms with Crippen LogP contribution < -0.4 is 0 Å². The van der Waals surface area contributed by atoms with Crippen LogP contribution in [0.1, 0.15) is 40.0 Å². The molecule has 4 atom stereocenters. The Labute approximate surface area is 122 Å². The maximum atomic E-state index is 11.6. The number of amides is 1. The lowest BCUT2D eigenvalue weighted by atomic mass is 9.64. The van der Waals surface area contributed by atoms with Gasteiger partial charge in [0.25, 0.3) is 0 Å². The van der Waals surface area contributed by atoms with Gasteiger partial charge in [0.2, 0.25) is 0 Å². The van der Waals surface area contributed by atoms with Crippen molar-refractivity contribution in [1.82, 2.24) is 9.80 Å². The molecule has 2 saturated carbocycles. The molecular formula is C16H28N2O2. The monoisotopic (exact) mass is 280 g/mol. The largest absolute Gasteiger partial charge is 0.465 e. The summed E-state index contributed by atoms with van der Waals surface area (Å²) in [6, 6.07) is 0.181. The van der Waals surface area contributed by atoms with Crippen LogP contribution in [0.2, 0.25) is 0 Å². The molecule has 2 bridgehead atoms. The standard InChI is InChI=1S/C16H28N2O2/c1-15(2)11-5-6-16(15,3)12(9-11)13-10-17(4)7-8-18(13)14(19)20/h11-13H,5-10H2,1-4H3,(H,19,20)/t11-,12?,13-,16-/m1/s1. The molecule has 1 saturated heterocycles. The molecule has 1 heterocycles. The maximum absolute atomic E-state index is 11.6. The molecule has 1 unspecified atom stereocenters. The fraction of sp³-hybridized carbons (Fsp3) is 0.938. The van der Waals surface area contributed by atoms with Gasteiger partial charge in [0, 0.05) is 19.6 Å². The number of carboxylic acid groups (broad SMARTS) is 1. The highest BCUT2D eigenvalue weighted by atomic mass is 16.4. The molecule has 0 radical (unpaired) electrons. The molecule has 0 aromatic carbocycles. The van der Waals surface area contributed by atoms with Crippen molar-refractivity contribution in [2.24, 2.45) is 22.7 Å². The van der Waals surface area contributed by atoms with Gasteiger partial charge in [-0.2, -0.15) is 0 Å². The van der Waals surface area contributed by atoms with Crippen LogP contribution in [0, 0.1) is 22.7 Å². The van der Waals surface area contributed by atoms with Crippen molar-refractivity contribution in [3.63, 3.8) is 0 Å². The second kappa shape index (κ2) is 4.36. The normalized spacial score (nSPS) is 44.0. The lowest BCUT2D eigenvalue weighted by Crippen LogP contribution is -2.59. The Hall–Kier alpha value is -0.770. The minimum absolute atomic E-state index is 0.181. The van der Waals surface area contributed by atoms with Crippen LogP contribution in [0.5, 0.6) is 0 Å². The first-order valence-electron chi connectivity index (χ1n) is 7.95. The smallest absolute Gasteiger partial charge is 0.407 e. The van der Waals surface area contributed by atoms with E-state index < -0.39 is 6.09 Å². The quantitative estimate of drug-likeness (QED) is 0.803. The summed E-state index contributed by atoms with van der Waals surface area (Å²) < 4.78 is 0. The molecule has 20 heavy (non-hydrogen) atoms. The average Bonchev–Trinajstić information content (AvgIpc) is 2.70. The first-order valence-corrected chi connectivity index (χ1v) is 7.95. The molecule has 3 fully saturated rings. The molecule has 4 nitrogen and oxygen atoms in total. The number of nitrogens with zero attached hydrogens (tertiary/aromatic N) is 2. The zero-order chi connectivity index (χ0) is 14.7. The van der Waals surface area contributed by atoms with E-state index in [2.05, 4.69) is 32.7 Å². The highest BCUT2D eigenvalue weighted by Gasteiger charge is 2.63. The third-order valence-corrected chi connectivity index (χ3v) is 7.19. The van der Waals surface area contributed by atoms with Crippen molar-refractivity contribution in [3.05, 3.63) is 0 Å². The molecule has 1 N–H and O–H groups in total. The van der Waals surface area contributed by atoms with Crippen LogP contribution in [0.3, 0.4) is 0 Å². The van der Waals surface area contributed by atoms with Crippen LogP contribution in [0.4, 0.5) is 4.79 Å². The summed E-state index contributed by atoms with van der Waals surface area (Å²) in [5.41, 5.74) is 0.659. The summed E-state index contributed by atoms with van der Waals surface area (Å²) in [6.07, 6.45) is 3.08. The van der Waals surface area contributed by atoms with Gasteiger partial charge < -0.3 is 14.9 Å². The Bertz CT molecular complexity index is 423. The van der Waals surface area contributed by atoms with Gasteiger partial charge in [-0.1, -0.05) is 20.8 Å². The van der Waals surface area contributed by atoms with E-state index in [0.717, 1.165) is 19.0 Å². The van der Waals surface area contributed by atoms with Crippen molar-refractivity contribution < 1.29 is 9.90 Å². The summed E-state index contributed by atoms with van der Waals surface area (Å²) in [7, 11) is 2.12. The highest BCUT2D eigenvalue weighted by molar-refractivity contribution is 5.65. The fourth-order valence-corrected chi connectivity index (χ4v) is 5.38. The SMILES string of the molecule is CN1CCN(C(=O)O)[C@@H](C2C[C@H]3CC[C@@]2(C)C3(C)C)C1. The molecule has 0 aromatic heterocycles. The number of rotatable bonds is 1. The Morgan fingerprint density at radius 2 is 1.95 bits per heavy atom. The van der Waals surface area contributed by atoms with E-state index in [-0.39, 0.29) is 6.04 Å². The number of fused-ring (bicyclic) bond motifs is 2. The van der Waals surface area contributed by atoms with E-state index in [4.69, 9.17) is 0 Å². The minimum atomic E-state index is -0.729. The number of carbonyl (C=O) groups is 1. The number of piperazine rings is 1. The van der Waals surface area contributed by atoms with E-state index in [1.807, 2.05) is 0 Å². The molecule has 1 aliphatic heterocycles. The Balaban J connectivity index is 1.90. The van der Waals surface area contributed by atoms with E-state index in [9.17, 15) is 9.90 Å². The molecule has 1 amide bonds. The predicted molar refractivity (Wildman–Crippen MR) is 78.7 cm³/mol. The molecule has 0 aromatic rings. The second-order valence-corrected chi connectivity index (χ2v) is 8.02. The average molecular weight is 280 g/mol. The summed E-state index contributed by atoms with van der Waals surface area (Å²) in [5, 5.41) is 9.55. The van der Waals surface area contributed by atoms with Gasteiger partial charge in [-0.15, -0.1) is 0 Å². The first kappa shape index (κ1) is 14.2. The minimum Gasteiger partial charge on any atom is -0.465 e. The van der Waals surface area contributed by atoms with Gasteiger partial charge in [-0.3, -0.25) is 0 Å². The molecule has 3 aliphatic rings. The number of hydrogen-bond acceptors (Lipinski definition) is 2. The molecule has 2 aliphatic carbocycles. The van der Waals surface area contributed by atoms with Crippen molar-refractivity contribution in [2.75, 3.05) is 26.7 Å². The van der Waals surface area contributed by atoms with Crippen LogP contribution in [0.25, 0.3) is 0 Å². The van der Waals surface area contributed by atoms with Gasteiger partial charge >= 0.3 is 6.09 Å². The van der Waals surface area contributed by atoms with Gasteiger partial charge in [0.15, 0.2) is 0 Å². The lowest BCUT2D eigenvalue weighted by Gasteiger charge is -2.48. The Kier molecular flexibility index (Phi) is 3.09. The van der Waals surface area contributed by atoms with Crippen LogP contribution >= 0.6 is 0 Å².